The second kappa shape index (κ2) is 12.7. The minimum absolute atomic E-state index is 0. The van der Waals surface area contributed by atoms with Gasteiger partial charge in [-0.05, 0) is 12.1 Å². The molecule has 1 fully saturated rings. The van der Waals surface area contributed by atoms with Crippen LogP contribution in [0.15, 0.2) is 29.3 Å². The number of guanidine groups is 1. The summed E-state index contributed by atoms with van der Waals surface area (Å²) < 4.78 is 10.4. The number of carbonyl (C=O) groups excluding carboxylic acids is 1. The first-order valence-corrected chi connectivity index (χ1v) is 9.16. The number of benzene rings is 1. The molecule has 1 aliphatic heterocycles. The maximum absolute atomic E-state index is 11.9. The topological polar surface area (TPSA) is 69.6 Å². The number of likely N-dealkylation sites (N-methyl/N-ethyl adjacent to an activating group) is 1. The molecule has 8 nitrogen and oxygen atoms in total. The van der Waals surface area contributed by atoms with Gasteiger partial charge in [0.05, 0.1) is 13.7 Å². The Morgan fingerprint density at radius 3 is 2.54 bits per heavy atom. The number of halogens is 1. The van der Waals surface area contributed by atoms with E-state index in [0.29, 0.717) is 13.2 Å². The van der Waals surface area contributed by atoms with Gasteiger partial charge in [0.1, 0.15) is 12.3 Å². The third-order valence-electron chi connectivity index (χ3n) is 4.45. The molecule has 1 aromatic rings. The lowest BCUT2D eigenvalue weighted by Gasteiger charge is -2.37. The van der Waals surface area contributed by atoms with Crippen LogP contribution < -0.4 is 15.0 Å². The molecule has 1 amide bonds. The molecular formula is C19H32IN5O3. The van der Waals surface area contributed by atoms with Gasteiger partial charge in [0, 0.05) is 65.7 Å². The van der Waals surface area contributed by atoms with E-state index in [0.717, 1.165) is 43.6 Å². The van der Waals surface area contributed by atoms with Crippen molar-refractivity contribution in [1.82, 2.24) is 15.1 Å². The number of rotatable bonds is 7. The molecule has 0 spiro atoms. The normalized spacial score (nSPS) is 14.4. The molecule has 0 aliphatic carbocycles. The number of aliphatic imine (C=N–C) groups is 1. The van der Waals surface area contributed by atoms with Crippen LogP contribution in [0.2, 0.25) is 0 Å². The zero-order valence-electron chi connectivity index (χ0n) is 17.2. The van der Waals surface area contributed by atoms with Gasteiger partial charge in [-0.3, -0.25) is 4.79 Å². The van der Waals surface area contributed by atoms with Gasteiger partial charge in [0.2, 0.25) is 5.91 Å². The second-order valence-electron chi connectivity index (χ2n) is 6.52. The second-order valence-corrected chi connectivity index (χ2v) is 6.52. The average Bonchev–Trinajstić information content (AvgIpc) is 2.70. The maximum Gasteiger partial charge on any atom is 0.243 e. The molecule has 1 N–H and O–H groups in total. The van der Waals surface area contributed by atoms with Crippen LogP contribution in [0.1, 0.15) is 0 Å². The number of hydrogen-bond donors (Lipinski definition) is 1. The zero-order valence-corrected chi connectivity index (χ0v) is 19.5. The van der Waals surface area contributed by atoms with Crippen LogP contribution in [-0.2, 0) is 9.53 Å². The summed E-state index contributed by atoms with van der Waals surface area (Å²) in [7, 11) is 6.83. The first-order valence-electron chi connectivity index (χ1n) is 9.16. The summed E-state index contributed by atoms with van der Waals surface area (Å²) in [4.78, 5) is 22.5. The number of amides is 1. The molecule has 9 heteroatoms. The zero-order chi connectivity index (χ0) is 19.6. The molecule has 1 aliphatic rings. The summed E-state index contributed by atoms with van der Waals surface area (Å²) in [5.74, 6) is 1.60. The first kappa shape index (κ1) is 24.3. The van der Waals surface area contributed by atoms with Crippen LogP contribution in [0.3, 0.4) is 0 Å². The molecule has 2 rings (SSSR count). The van der Waals surface area contributed by atoms with Gasteiger partial charge in [0.15, 0.2) is 5.96 Å². The van der Waals surface area contributed by atoms with Gasteiger partial charge >= 0.3 is 0 Å². The summed E-state index contributed by atoms with van der Waals surface area (Å²) in [6, 6.07) is 8.11. The number of nitrogens with zero attached hydrogens (tertiary/aromatic N) is 4. The van der Waals surface area contributed by atoms with E-state index in [9.17, 15) is 4.79 Å². The molecule has 1 saturated heterocycles. The quantitative estimate of drug-likeness (QED) is 0.259. The maximum atomic E-state index is 11.9. The Morgan fingerprint density at radius 2 is 1.93 bits per heavy atom. The summed E-state index contributed by atoms with van der Waals surface area (Å²) >= 11 is 0. The Balaban J connectivity index is 0.00000392. The Bertz CT molecular complexity index is 634. The number of piperazine rings is 1. The first-order chi connectivity index (χ1) is 13.0. The van der Waals surface area contributed by atoms with Crippen LogP contribution in [-0.4, -0.2) is 95.9 Å². The highest BCUT2D eigenvalue weighted by molar-refractivity contribution is 14.0. The van der Waals surface area contributed by atoms with E-state index < -0.39 is 0 Å². The SMILES string of the molecule is COCCNC(=NCC(=O)N(C)C)N1CCN(c2cccc(OC)c2)CC1.I. The molecule has 28 heavy (non-hydrogen) atoms. The van der Waals surface area contributed by atoms with E-state index in [2.05, 4.69) is 32.2 Å². The van der Waals surface area contributed by atoms with Crippen LogP contribution in [0.5, 0.6) is 5.75 Å². The molecule has 0 saturated carbocycles. The molecular weight excluding hydrogens is 473 g/mol. The minimum atomic E-state index is -0.0175. The molecule has 0 unspecified atom stereocenters. The van der Waals surface area contributed by atoms with Crippen molar-refractivity contribution in [1.29, 1.82) is 0 Å². The van der Waals surface area contributed by atoms with Crippen molar-refractivity contribution < 1.29 is 14.3 Å². The van der Waals surface area contributed by atoms with Crippen molar-refractivity contribution in [2.24, 2.45) is 4.99 Å². The van der Waals surface area contributed by atoms with Gasteiger partial charge < -0.3 is 29.5 Å². The monoisotopic (exact) mass is 505 g/mol. The van der Waals surface area contributed by atoms with Crippen LogP contribution in [0, 0.1) is 0 Å². The van der Waals surface area contributed by atoms with E-state index in [1.165, 1.54) is 0 Å². The highest BCUT2D eigenvalue weighted by Crippen LogP contribution is 2.22. The lowest BCUT2D eigenvalue weighted by Crippen LogP contribution is -2.53. The highest BCUT2D eigenvalue weighted by Gasteiger charge is 2.20. The molecule has 0 bridgehead atoms. The standard InChI is InChI=1S/C19H31N5O3.HI/c1-22(2)18(25)15-21-19(20-8-13-26-3)24-11-9-23(10-12-24)16-6-5-7-17(14-16)27-4;/h5-7,14H,8-13,15H2,1-4H3,(H,20,21);1H. The van der Waals surface area contributed by atoms with Crippen molar-refractivity contribution in [3.63, 3.8) is 0 Å². The van der Waals surface area contributed by atoms with Crippen LogP contribution in [0.4, 0.5) is 5.69 Å². The number of hydrogen-bond acceptors (Lipinski definition) is 5. The smallest absolute Gasteiger partial charge is 0.243 e. The molecule has 158 valence electrons. The van der Waals surface area contributed by atoms with Crippen molar-refractivity contribution in [3.05, 3.63) is 24.3 Å². The predicted molar refractivity (Wildman–Crippen MR) is 123 cm³/mol. The van der Waals surface area contributed by atoms with Gasteiger partial charge in [-0.15, -0.1) is 24.0 Å². The van der Waals surface area contributed by atoms with Crippen molar-refractivity contribution in [3.8, 4) is 5.75 Å². The van der Waals surface area contributed by atoms with Crippen molar-refractivity contribution in [2.75, 3.05) is 79.1 Å². The van der Waals surface area contributed by atoms with Crippen molar-refractivity contribution >= 4 is 41.5 Å². The molecule has 1 heterocycles. The third kappa shape index (κ3) is 7.34. The van der Waals surface area contributed by atoms with Crippen molar-refractivity contribution in [2.45, 2.75) is 0 Å². The van der Waals surface area contributed by atoms with E-state index >= 15 is 0 Å². The summed E-state index contributed by atoms with van der Waals surface area (Å²) in [5, 5.41) is 3.30. The number of methoxy groups -OCH3 is 2. The van der Waals surface area contributed by atoms with Crippen LogP contribution >= 0.6 is 24.0 Å². The average molecular weight is 505 g/mol. The molecule has 0 radical (unpaired) electrons. The fourth-order valence-electron chi connectivity index (χ4n) is 2.80. The third-order valence-corrected chi connectivity index (χ3v) is 4.45. The predicted octanol–water partition coefficient (Wildman–Crippen LogP) is 1.12. The van der Waals surface area contributed by atoms with Gasteiger partial charge in [0.25, 0.3) is 0 Å². The summed E-state index contributed by atoms with van der Waals surface area (Å²) in [5.41, 5.74) is 1.16. The van der Waals surface area contributed by atoms with E-state index in [1.54, 1.807) is 33.2 Å². The number of ether oxygens (including phenoxy) is 2. The Kier molecular flexibility index (Phi) is 11.0. The summed E-state index contributed by atoms with van der Waals surface area (Å²) in [6.07, 6.45) is 0. The Hall–Kier alpha value is -1.75. The molecule has 0 aromatic heterocycles. The summed E-state index contributed by atoms with van der Waals surface area (Å²) in [6.45, 7) is 4.78. The van der Waals surface area contributed by atoms with Gasteiger partial charge in [-0.25, -0.2) is 4.99 Å². The fraction of sp³-hybridized carbons (Fsp3) is 0.579. The minimum Gasteiger partial charge on any atom is -0.497 e. The van der Waals surface area contributed by atoms with Gasteiger partial charge in [-0.1, -0.05) is 6.07 Å². The number of anilines is 1. The largest absolute Gasteiger partial charge is 0.497 e. The van der Waals surface area contributed by atoms with E-state index in [-0.39, 0.29) is 36.4 Å². The fourth-order valence-corrected chi connectivity index (χ4v) is 2.80. The van der Waals surface area contributed by atoms with Crippen LogP contribution in [0.25, 0.3) is 0 Å². The molecule has 1 aromatic carbocycles. The van der Waals surface area contributed by atoms with E-state index in [4.69, 9.17) is 9.47 Å². The lowest BCUT2D eigenvalue weighted by atomic mass is 10.2. The number of carbonyl (C=O) groups is 1. The highest BCUT2D eigenvalue weighted by atomic mass is 127. The Labute approximate surface area is 184 Å². The van der Waals surface area contributed by atoms with Gasteiger partial charge in [-0.2, -0.15) is 0 Å². The van der Waals surface area contributed by atoms with E-state index in [1.807, 2.05) is 12.1 Å². The number of nitrogens with one attached hydrogen (secondary N) is 1. The lowest BCUT2D eigenvalue weighted by molar-refractivity contribution is -0.127. The Morgan fingerprint density at radius 1 is 1.21 bits per heavy atom. The molecule has 0 atom stereocenters.